The lowest BCUT2D eigenvalue weighted by atomic mass is 10.1. The molecule has 0 fully saturated rings. The molecule has 4 heteroatoms. The fourth-order valence-corrected chi connectivity index (χ4v) is 0.901. The Labute approximate surface area is 70.7 Å². The maximum absolute atomic E-state index is 10.7. The van der Waals surface area contributed by atoms with E-state index in [2.05, 4.69) is 4.74 Å². The summed E-state index contributed by atoms with van der Waals surface area (Å²) >= 11 is 5.20. The van der Waals surface area contributed by atoms with Gasteiger partial charge in [-0.25, -0.2) is 0 Å². The summed E-state index contributed by atoms with van der Waals surface area (Å²) in [5.41, 5.74) is 0. The number of ether oxygens (including phenoxy) is 1. The lowest BCUT2D eigenvalue weighted by Gasteiger charge is -2.06. The molecule has 0 rings (SSSR count). The van der Waals surface area contributed by atoms with E-state index >= 15 is 0 Å². The van der Waals surface area contributed by atoms with Crippen molar-refractivity contribution in [3.05, 3.63) is 0 Å². The second kappa shape index (κ2) is 5.13. The third-order valence-electron chi connectivity index (χ3n) is 1.45. The Hall–Kier alpha value is -0.570. The first-order valence-corrected chi connectivity index (χ1v) is 3.75. The SMILES string of the molecule is CC[C@H](CC(=O)OC)C(=O)Cl. The highest BCUT2D eigenvalue weighted by Crippen LogP contribution is 2.12. The van der Waals surface area contributed by atoms with Crippen LogP contribution in [0.3, 0.4) is 0 Å². The molecule has 0 saturated heterocycles. The van der Waals surface area contributed by atoms with Gasteiger partial charge in [-0.15, -0.1) is 0 Å². The van der Waals surface area contributed by atoms with Gasteiger partial charge >= 0.3 is 5.97 Å². The molecule has 0 aromatic rings. The minimum Gasteiger partial charge on any atom is -0.469 e. The number of carbonyl (C=O) groups excluding carboxylic acids is 2. The standard InChI is InChI=1S/C7H11ClO3/c1-3-5(7(8)10)4-6(9)11-2/h5H,3-4H2,1-2H3/t5-/m1/s1. The summed E-state index contributed by atoms with van der Waals surface area (Å²) < 4.78 is 4.38. The predicted octanol–water partition coefficient (Wildman–Crippen LogP) is 1.34. The zero-order chi connectivity index (χ0) is 8.85. The monoisotopic (exact) mass is 178 g/mol. The molecule has 0 radical (unpaired) electrons. The minimum absolute atomic E-state index is 0.0787. The highest BCUT2D eigenvalue weighted by atomic mass is 35.5. The maximum Gasteiger partial charge on any atom is 0.306 e. The molecule has 0 saturated carbocycles. The van der Waals surface area contributed by atoms with Crippen LogP contribution in [-0.4, -0.2) is 18.3 Å². The van der Waals surface area contributed by atoms with Crippen LogP contribution in [0.25, 0.3) is 0 Å². The summed E-state index contributed by atoms with van der Waals surface area (Å²) in [4.78, 5) is 21.2. The molecular formula is C7H11ClO3. The molecule has 0 N–H and O–H groups in total. The van der Waals surface area contributed by atoms with Gasteiger partial charge in [-0.05, 0) is 18.0 Å². The fourth-order valence-electron chi connectivity index (χ4n) is 0.670. The Morgan fingerprint density at radius 3 is 2.36 bits per heavy atom. The smallest absolute Gasteiger partial charge is 0.306 e. The second-order valence-electron chi connectivity index (χ2n) is 2.19. The van der Waals surface area contributed by atoms with E-state index in [1.54, 1.807) is 6.92 Å². The summed E-state index contributed by atoms with van der Waals surface area (Å²) in [5.74, 6) is -0.796. The molecule has 64 valence electrons. The van der Waals surface area contributed by atoms with E-state index in [0.717, 1.165) is 0 Å². The number of hydrogen-bond acceptors (Lipinski definition) is 3. The van der Waals surface area contributed by atoms with Crippen LogP contribution in [0.5, 0.6) is 0 Å². The second-order valence-corrected chi connectivity index (χ2v) is 2.56. The third-order valence-corrected chi connectivity index (χ3v) is 1.76. The van der Waals surface area contributed by atoms with Crippen molar-refractivity contribution in [3.63, 3.8) is 0 Å². The van der Waals surface area contributed by atoms with Gasteiger partial charge in [-0.1, -0.05) is 6.92 Å². The van der Waals surface area contributed by atoms with E-state index in [4.69, 9.17) is 11.6 Å². The Kier molecular flexibility index (Phi) is 4.86. The molecule has 0 aromatic heterocycles. The molecule has 3 nitrogen and oxygen atoms in total. The van der Waals surface area contributed by atoms with Crippen molar-refractivity contribution in [2.75, 3.05) is 7.11 Å². The van der Waals surface area contributed by atoms with Gasteiger partial charge in [-0.3, -0.25) is 9.59 Å². The minimum atomic E-state index is -0.474. The van der Waals surface area contributed by atoms with E-state index in [0.29, 0.717) is 6.42 Å². The molecule has 0 aliphatic carbocycles. The summed E-state index contributed by atoms with van der Waals surface area (Å²) in [7, 11) is 1.29. The summed E-state index contributed by atoms with van der Waals surface area (Å²) in [5, 5.41) is -0.474. The molecule has 0 aliphatic heterocycles. The molecule has 0 amide bonds. The fraction of sp³-hybridized carbons (Fsp3) is 0.714. The maximum atomic E-state index is 10.7. The number of halogens is 1. The van der Waals surface area contributed by atoms with Crippen LogP contribution in [0, 0.1) is 5.92 Å². The third kappa shape index (κ3) is 3.98. The summed E-state index contributed by atoms with van der Waals surface area (Å²) in [6, 6.07) is 0. The van der Waals surface area contributed by atoms with Crippen LogP contribution in [-0.2, 0) is 14.3 Å². The first kappa shape index (κ1) is 10.4. The van der Waals surface area contributed by atoms with E-state index in [1.807, 2.05) is 0 Å². The lowest BCUT2D eigenvalue weighted by molar-refractivity contribution is -0.143. The number of esters is 1. The Morgan fingerprint density at radius 1 is 1.55 bits per heavy atom. The van der Waals surface area contributed by atoms with Crippen LogP contribution in [0.15, 0.2) is 0 Å². The zero-order valence-electron chi connectivity index (χ0n) is 6.59. The summed E-state index contributed by atoms with van der Waals surface area (Å²) in [6.07, 6.45) is 0.646. The largest absolute Gasteiger partial charge is 0.469 e. The predicted molar refractivity (Wildman–Crippen MR) is 41.3 cm³/mol. The molecule has 0 aliphatic rings. The van der Waals surface area contributed by atoms with Gasteiger partial charge in [0, 0.05) is 5.92 Å². The van der Waals surface area contributed by atoms with Crippen LogP contribution in [0.2, 0.25) is 0 Å². The normalized spacial score (nSPS) is 12.3. The van der Waals surface area contributed by atoms with Crippen molar-refractivity contribution in [2.24, 2.45) is 5.92 Å². The van der Waals surface area contributed by atoms with Gasteiger partial charge in [0.25, 0.3) is 0 Å². The Morgan fingerprint density at radius 2 is 2.09 bits per heavy atom. The summed E-state index contributed by atoms with van der Waals surface area (Å²) in [6.45, 7) is 1.80. The first-order chi connectivity index (χ1) is 5.11. The van der Waals surface area contributed by atoms with Crippen molar-refractivity contribution in [2.45, 2.75) is 19.8 Å². The lowest BCUT2D eigenvalue weighted by Crippen LogP contribution is -2.14. The van der Waals surface area contributed by atoms with Crippen LogP contribution >= 0.6 is 11.6 Å². The van der Waals surface area contributed by atoms with Gasteiger partial charge in [0.1, 0.15) is 0 Å². The van der Waals surface area contributed by atoms with Gasteiger partial charge in [0.2, 0.25) is 5.24 Å². The average molecular weight is 179 g/mol. The molecule has 0 heterocycles. The number of methoxy groups -OCH3 is 1. The van der Waals surface area contributed by atoms with E-state index in [9.17, 15) is 9.59 Å². The van der Waals surface area contributed by atoms with Gasteiger partial charge in [0.15, 0.2) is 0 Å². The average Bonchev–Trinajstić information content (AvgIpc) is 1.99. The van der Waals surface area contributed by atoms with E-state index < -0.39 is 17.1 Å². The number of carbonyl (C=O) groups is 2. The van der Waals surface area contributed by atoms with Crippen molar-refractivity contribution in [1.29, 1.82) is 0 Å². The van der Waals surface area contributed by atoms with Gasteiger partial charge in [0.05, 0.1) is 13.5 Å². The zero-order valence-corrected chi connectivity index (χ0v) is 7.35. The molecule has 0 unspecified atom stereocenters. The highest BCUT2D eigenvalue weighted by Gasteiger charge is 2.17. The molecule has 0 aromatic carbocycles. The van der Waals surface area contributed by atoms with Gasteiger partial charge in [-0.2, -0.15) is 0 Å². The first-order valence-electron chi connectivity index (χ1n) is 3.38. The Balaban J connectivity index is 3.88. The molecular weight excluding hydrogens is 168 g/mol. The van der Waals surface area contributed by atoms with Crippen molar-refractivity contribution in [1.82, 2.24) is 0 Å². The van der Waals surface area contributed by atoms with Crippen molar-refractivity contribution < 1.29 is 14.3 Å². The van der Waals surface area contributed by atoms with Gasteiger partial charge < -0.3 is 4.74 Å². The number of hydrogen-bond donors (Lipinski definition) is 0. The van der Waals surface area contributed by atoms with Crippen molar-refractivity contribution >= 4 is 22.8 Å². The highest BCUT2D eigenvalue weighted by molar-refractivity contribution is 6.64. The number of rotatable bonds is 4. The Bertz CT molecular complexity index is 156. The molecule has 11 heavy (non-hydrogen) atoms. The topological polar surface area (TPSA) is 43.4 Å². The quantitative estimate of drug-likeness (QED) is 0.482. The van der Waals surface area contributed by atoms with Crippen LogP contribution in [0.4, 0.5) is 0 Å². The van der Waals surface area contributed by atoms with E-state index in [1.165, 1.54) is 7.11 Å². The van der Waals surface area contributed by atoms with E-state index in [-0.39, 0.29) is 6.42 Å². The van der Waals surface area contributed by atoms with Crippen LogP contribution in [0.1, 0.15) is 19.8 Å². The molecule has 1 atom stereocenters. The molecule has 0 bridgehead atoms. The van der Waals surface area contributed by atoms with Crippen LogP contribution < -0.4 is 0 Å². The molecule has 0 spiro atoms. The van der Waals surface area contributed by atoms with Crippen molar-refractivity contribution in [3.8, 4) is 0 Å².